The van der Waals surface area contributed by atoms with Gasteiger partial charge in [0, 0.05) is 11.6 Å². The van der Waals surface area contributed by atoms with Gasteiger partial charge in [0.1, 0.15) is 11.5 Å². The van der Waals surface area contributed by atoms with Gasteiger partial charge in [0.25, 0.3) is 0 Å². The summed E-state index contributed by atoms with van der Waals surface area (Å²) in [5, 5.41) is 4.06. The van der Waals surface area contributed by atoms with Gasteiger partial charge in [-0.05, 0) is 64.8 Å². The topological polar surface area (TPSA) is 21.3 Å². The molecule has 2 aromatic carbocycles. The Bertz CT molecular complexity index is 574. The first-order chi connectivity index (χ1) is 9.69. The fourth-order valence-corrected chi connectivity index (χ4v) is 2.58. The molecule has 0 saturated heterocycles. The van der Waals surface area contributed by atoms with Crippen molar-refractivity contribution in [1.82, 2.24) is 5.32 Å². The zero-order valence-corrected chi connectivity index (χ0v) is 13.7. The summed E-state index contributed by atoms with van der Waals surface area (Å²) >= 11 is 9.37. The van der Waals surface area contributed by atoms with E-state index in [4.69, 9.17) is 16.3 Å². The minimum Gasteiger partial charge on any atom is -0.456 e. The number of halogens is 2. The van der Waals surface area contributed by atoms with Gasteiger partial charge in [0.2, 0.25) is 0 Å². The van der Waals surface area contributed by atoms with E-state index in [9.17, 15) is 0 Å². The molecule has 20 heavy (non-hydrogen) atoms. The highest BCUT2D eigenvalue weighted by molar-refractivity contribution is 9.10. The molecule has 0 amide bonds. The molecule has 0 fully saturated rings. The van der Waals surface area contributed by atoms with E-state index < -0.39 is 0 Å². The van der Waals surface area contributed by atoms with Crippen molar-refractivity contribution in [3.8, 4) is 11.5 Å². The summed E-state index contributed by atoms with van der Waals surface area (Å²) in [6.07, 6.45) is 1.13. The zero-order valence-electron chi connectivity index (χ0n) is 11.3. The third-order valence-corrected chi connectivity index (χ3v) is 3.63. The van der Waals surface area contributed by atoms with Crippen LogP contribution in [0, 0.1) is 0 Å². The number of nitrogens with one attached hydrogen (secondary N) is 1. The van der Waals surface area contributed by atoms with Crippen LogP contribution in [0.3, 0.4) is 0 Å². The van der Waals surface area contributed by atoms with Crippen LogP contribution in [-0.4, -0.2) is 6.54 Å². The van der Waals surface area contributed by atoms with Gasteiger partial charge in [-0.3, -0.25) is 0 Å². The van der Waals surface area contributed by atoms with Gasteiger partial charge in [-0.1, -0.05) is 30.7 Å². The fraction of sp³-hybridized carbons (Fsp3) is 0.250. The SMILES string of the molecule is CCCNCc1cccc(Oc2ccc(Cl)cc2Br)c1. The first-order valence-corrected chi connectivity index (χ1v) is 7.78. The van der Waals surface area contributed by atoms with E-state index in [1.54, 1.807) is 0 Å². The van der Waals surface area contributed by atoms with Gasteiger partial charge in [-0.15, -0.1) is 0 Å². The third kappa shape index (κ3) is 4.51. The minimum atomic E-state index is 0.682. The maximum atomic E-state index is 5.92. The van der Waals surface area contributed by atoms with E-state index in [-0.39, 0.29) is 0 Å². The summed E-state index contributed by atoms with van der Waals surface area (Å²) in [4.78, 5) is 0. The van der Waals surface area contributed by atoms with Crippen LogP contribution in [0.2, 0.25) is 5.02 Å². The van der Waals surface area contributed by atoms with Crippen molar-refractivity contribution in [1.29, 1.82) is 0 Å². The summed E-state index contributed by atoms with van der Waals surface area (Å²) in [6.45, 7) is 4.03. The van der Waals surface area contributed by atoms with Crippen LogP contribution in [0.5, 0.6) is 11.5 Å². The normalized spacial score (nSPS) is 10.6. The van der Waals surface area contributed by atoms with E-state index in [1.807, 2.05) is 36.4 Å². The second-order valence-corrected chi connectivity index (χ2v) is 5.79. The second kappa shape index (κ2) is 7.67. The molecule has 0 aliphatic rings. The van der Waals surface area contributed by atoms with E-state index in [1.165, 1.54) is 5.56 Å². The van der Waals surface area contributed by atoms with Crippen molar-refractivity contribution in [2.24, 2.45) is 0 Å². The Kier molecular flexibility index (Phi) is 5.89. The van der Waals surface area contributed by atoms with Gasteiger partial charge < -0.3 is 10.1 Å². The van der Waals surface area contributed by atoms with Crippen LogP contribution in [-0.2, 0) is 6.54 Å². The molecule has 2 nitrogen and oxygen atoms in total. The number of ether oxygens (including phenoxy) is 1. The molecule has 0 radical (unpaired) electrons. The molecule has 0 aliphatic heterocycles. The van der Waals surface area contributed by atoms with E-state index in [0.29, 0.717) is 5.02 Å². The van der Waals surface area contributed by atoms with Gasteiger partial charge >= 0.3 is 0 Å². The van der Waals surface area contributed by atoms with Gasteiger partial charge in [0.05, 0.1) is 4.47 Å². The Morgan fingerprint density at radius 3 is 2.80 bits per heavy atom. The van der Waals surface area contributed by atoms with Crippen LogP contribution < -0.4 is 10.1 Å². The number of benzene rings is 2. The highest BCUT2D eigenvalue weighted by Crippen LogP contribution is 2.32. The molecule has 0 atom stereocenters. The molecule has 0 unspecified atom stereocenters. The maximum absolute atomic E-state index is 5.92. The summed E-state index contributed by atoms with van der Waals surface area (Å²) in [5.74, 6) is 1.58. The molecule has 2 rings (SSSR count). The van der Waals surface area contributed by atoms with Crippen molar-refractivity contribution in [3.05, 3.63) is 57.5 Å². The first-order valence-electron chi connectivity index (χ1n) is 6.61. The van der Waals surface area contributed by atoms with Crippen LogP contribution in [0.25, 0.3) is 0 Å². The van der Waals surface area contributed by atoms with Crippen molar-refractivity contribution in [3.63, 3.8) is 0 Å². The highest BCUT2D eigenvalue weighted by atomic mass is 79.9. The molecule has 0 heterocycles. The lowest BCUT2D eigenvalue weighted by Crippen LogP contribution is -2.13. The number of hydrogen-bond acceptors (Lipinski definition) is 2. The molecule has 0 spiro atoms. The summed E-state index contributed by atoms with van der Waals surface area (Å²) < 4.78 is 6.72. The van der Waals surface area contributed by atoms with Gasteiger partial charge in [0.15, 0.2) is 0 Å². The minimum absolute atomic E-state index is 0.682. The van der Waals surface area contributed by atoms with Crippen molar-refractivity contribution in [2.45, 2.75) is 19.9 Å². The van der Waals surface area contributed by atoms with Crippen LogP contribution in [0.1, 0.15) is 18.9 Å². The smallest absolute Gasteiger partial charge is 0.141 e. The third-order valence-electron chi connectivity index (χ3n) is 2.78. The predicted molar refractivity (Wildman–Crippen MR) is 87.7 cm³/mol. The Hall–Kier alpha value is -1.03. The van der Waals surface area contributed by atoms with Crippen LogP contribution in [0.15, 0.2) is 46.9 Å². The van der Waals surface area contributed by atoms with Crippen LogP contribution in [0.4, 0.5) is 0 Å². The van der Waals surface area contributed by atoms with Crippen molar-refractivity contribution >= 4 is 27.5 Å². The molecule has 4 heteroatoms. The summed E-state index contributed by atoms with van der Waals surface area (Å²) in [5.41, 5.74) is 1.21. The number of rotatable bonds is 6. The molecule has 0 aromatic heterocycles. The average molecular weight is 355 g/mol. The van der Waals surface area contributed by atoms with Crippen LogP contribution >= 0.6 is 27.5 Å². The molecule has 2 aromatic rings. The maximum Gasteiger partial charge on any atom is 0.141 e. The summed E-state index contributed by atoms with van der Waals surface area (Å²) in [6, 6.07) is 13.6. The lowest BCUT2D eigenvalue weighted by Gasteiger charge is -2.10. The second-order valence-electron chi connectivity index (χ2n) is 4.50. The monoisotopic (exact) mass is 353 g/mol. The molecule has 1 N–H and O–H groups in total. The Labute approximate surface area is 133 Å². The Balaban J connectivity index is 2.07. The molecule has 106 valence electrons. The summed E-state index contributed by atoms with van der Waals surface area (Å²) in [7, 11) is 0. The predicted octanol–water partition coefficient (Wildman–Crippen LogP) is 5.39. The largest absolute Gasteiger partial charge is 0.456 e. The Morgan fingerprint density at radius 2 is 2.05 bits per heavy atom. The molecular weight excluding hydrogens is 338 g/mol. The fourth-order valence-electron chi connectivity index (χ4n) is 1.81. The van der Waals surface area contributed by atoms with E-state index in [0.717, 1.165) is 35.5 Å². The van der Waals surface area contributed by atoms with Crippen molar-refractivity contribution < 1.29 is 4.74 Å². The standard InChI is InChI=1S/C16H17BrClNO/c1-2-8-19-11-12-4-3-5-14(9-12)20-16-7-6-13(18)10-15(16)17/h3-7,9-10,19H,2,8,11H2,1H3. The highest BCUT2D eigenvalue weighted by Gasteiger charge is 2.04. The molecule has 0 aliphatic carbocycles. The average Bonchev–Trinajstić information content (AvgIpc) is 2.43. The lowest BCUT2D eigenvalue weighted by molar-refractivity contribution is 0.478. The van der Waals surface area contributed by atoms with Gasteiger partial charge in [-0.25, -0.2) is 0 Å². The van der Waals surface area contributed by atoms with E-state index >= 15 is 0 Å². The zero-order chi connectivity index (χ0) is 14.4. The number of hydrogen-bond donors (Lipinski definition) is 1. The molecule has 0 bridgehead atoms. The Morgan fingerprint density at radius 1 is 1.20 bits per heavy atom. The van der Waals surface area contributed by atoms with Gasteiger partial charge in [-0.2, -0.15) is 0 Å². The first kappa shape index (κ1) is 15.4. The molecule has 0 saturated carbocycles. The molecular formula is C16H17BrClNO. The van der Waals surface area contributed by atoms with Crippen molar-refractivity contribution in [2.75, 3.05) is 6.54 Å². The lowest BCUT2D eigenvalue weighted by atomic mass is 10.2. The van der Waals surface area contributed by atoms with E-state index in [2.05, 4.69) is 34.2 Å². The quantitative estimate of drug-likeness (QED) is 0.702.